The number of rotatable bonds is 11. The summed E-state index contributed by atoms with van der Waals surface area (Å²) in [5, 5.41) is 2.89. The van der Waals surface area contributed by atoms with Gasteiger partial charge in [-0.1, -0.05) is 72.3 Å². The molecule has 3 aromatic carbocycles. The maximum atomic E-state index is 14.6. The molecule has 3 rings (SSSR count). The number of benzene rings is 3. The summed E-state index contributed by atoms with van der Waals surface area (Å²) >= 11 is 0. The fourth-order valence-electron chi connectivity index (χ4n) is 4.07. The molecule has 202 valence electrons. The normalized spacial score (nSPS) is 12.2. The van der Waals surface area contributed by atoms with Crippen LogP contribution in [-0.4, -0.2) is 50.0 Å². The van der Waals surface area contributed by atoms with E-state index in [9.17, 15) is 22.4 Å². The van der Waals surface area contributed by atoms with Gasteiger partial charge >= 0.3 is 0 Å². The summed E-state index contributed by atoms with van der Waals surface area (Å²) in [7, 11) is -4.03. The van der Waals surface area contributed by atoms with Crippen LogP contribution in [0.25, 0.3) is 0 Å². The van der Waals surface area contributed by atoms with E-state index in [1.165, 1.54) is 23.1 Å². The highest BCUT2D eigenvalue weighted by molar-refractivity contribution is 7.92. The second-order valence-corrected chi connectivity index (χ2v) is 11.5. The minimum absolute atomic E-state index is 0.0665. The zero-order chi connectivity index (χ0) is 27.9. The Labute approximate surface area is 224 Å². The first-order valence-electron chi connectivity index (χ1n) is 12.4. The molecular weight excluding hydrogens is 505 g/mol. The molecule has 0 aliphatic carbocycles. The maximum absolute atomic E-state index is 14.6. The smallest absolute Gasteiger partial charge is 0.244 e. The fraction of sp³-hybridized carbons (Fsp3) is 0.310. The topological polar surface area (TPSA) is 86.8 Å². The lowest BCUT2D eigenvalue weighted by Crippen LogP contribution is -2.54. The largest absolute Gasteiger partial charge is 0.352 e. The first-order chi connectivity index (χ1) is 18.0. The number of aryl methyl sites for hydroxylation is 1. The van der Waals surface area contributed by atoms with Gasteiger partial charge in [-0.15, -0.1) is 0 Å². The van der Waals surface area contributed by atoms with Crippen molar-refractivity contribution in [2.75, 3.05) is 17.1 Å². The molecule has 3 aromatic rings. The Balaban J connectivity index is 2.06. The second-order valence-electron chi connectivity index (χ2n) is 9.60. The summed E-state index contributed by atoms with van der Waals surface area (Å²) in [6.07, 6.45) is 1.14. The quantitative estimate of drug-likeness (QED) is 0.398. The number of halogens is 1. The fourth-order valence-corrected chi connectivity index (χ4v) is 4.92. The number of hydrogen-bond donors (Lipinski definition) is 1. The summed E-state index contributed by atoms with van der Waals surface area (Å²) in [4.78, 5) is 28.7. The summed E-state index contributed by atoms with van der Waals surface area (Å²) < 4.78 is 40.7. The molecule has 1 N–H and O–H groups in total. The Morgan fingerprint density at radius 1 is 0.895 bits per heavy atom. The molecule has 0 saturated heterocycles. The number of para-hydroxylation sites is 1. The van der Waals surface area contributed by atoms with Crippen LogP contribution in [0, 0.1) is 12.7 Å². The molecule has 9 heteroatoms. The van der Waals surface area contributed by atoms with Crippen LogP contribution in [-0.2, 0) is 32.6 Å². The van der Waals surface area contributed by atoms with E-state index >= 15 is 0 Å². The van der Waals surface area contributed by atoms with Gasteiger partial charge in [0.25, 0.3) is 0 Å². The van der Waals surface area contributed by atoms with Gasteiger partial charge in [-0.25, -0.2) is 12.8 Å². The number of carbonyl (C=O) groups excluding carboxylic acids is 2. The average Bonchev–Trinajstić information content (AvgIpc) is 2.85. The van der Waals surface area contributed by atoms with E-state index in [0.717, 1.165) is 33.3 Å². The highest BCUT2D eigenvalue weighted by atomic mass is 32.2. The van der Waals surface area contributed by atoms with Crippen molar-refractivity contribution in [3.63, 3.8) is 0 Å². The molecule has 0 aromatic heterocycles. The third-order valence-electron chi connectivity index (χ3n) is 5.98. The predicted molar refractivity (Wildman–Crippen MR) is 148 cm³/mol. The Bertz CT molecular complexity index is 1350. The van der Waals surface area contributed by atoms with Gasteiger partial charge in [-0.05, 0) is 44.0 Å². The van der Waals surface area contributed by atoms with E-state index in [1.54, 1.807) is 0 Å². The zero-order valence-corrected chi connectivity index (χ0v) is 22.9. The monoisotopic (exact) mass is 539 g/mol. The van der Waals surface area contributed by atoms with Gasteiger partial charge in [-0.2, -0.15) is 0 Å². The van der Waals surface area contributed by atoms with E-state index in [4.69, 9.17) is 0 Å². The van der Waals surface area contributed by atoms with Crippen LogP contribution in [0.2, 0.25) is 0 Å². The van der Waals surface area contributed by atoms with Crippen molar-refractivity contribution < 1.29 is 22.4 Å². The molecule has 0 heterocycles. The summed E-state index contributed by atoms with van der Waals surface area (Å²) in [6.45, 7) is 5.00. The van der Waals surface area contributed by atoms with Crippen molar-refractivity contribution in [3.05, 3.63) is 101 Å². The summed E-state index contributed by atoms with van der Waals surface area (Å²) in [5.41, 5.74) is 2.42. The molecule has 2 amide bonds. The van der Waals surface area contributed by atoms with Crippen LogP contribution in [0.5, 0.6) is 0 Å². The van der Waals surface area contributed by atoms with E-state index in [1.807, 2.05) is 75.4 Å². The molecule has 0 radical (unpaired) electrons. The van der Waals surface area contributed by atoms with Crippen molar-refractivity contribution in [2.45, 2.75) is 45.8 Å². The molecule has 0 saturated carbocycles. The van der Waals surface area contributed by atoms with Crippen molar-refractivity contribution >= 4 is 27.5 Å². The van der Waals surface area contributed by atoms with Crippen molar-refractivity contribution in [2.24, 2.45) is 0 Å². The molecule has 0 unspecified atom stereocenters. The minimum atomic E-state index is -4.03. The van der Waals surface area contributed by atoms with Gasteiger partial charge < -0.3 is 10.2 Å². The Hall–Kier alpha value is -3.72. The number of anilines is 1. The Kier molecular flexibility index (Phi) is 9.63. The van der Waals surface area contributed by atoms with E-state index in [-0.39, 0.29) is 30.6 Å². The molecular formula is C29H34FN3O4S. The van der Waals surface area contributed by atoms with Gasteiger partial charge in [0.15, 0.2) is 0 Å². The van der Waals surface area contributed by atoms with Crippen molar-refractivity contribution in [1.29, 1.82) is 0 Å². The van der Waals surface area contributed by atoms with Gasteiger partial charge in [0.2, 0.25) is 21.8 Å². The van der Waals surface area contributed by atoms with Gasteiger partial charge in [0.05, 0.1) is 11.9 Å². The van der Waals surface area contributed by atoms with Crippen molar-refractivity contribution in [1.82, 2.24) is 10.2 Å². The molecule has 1 atom stereocenters. The van der Waals surface area contributed by atoms with Crippen LogP contribution in [0.15, 0.2) is 78.9 Å². The highest BCUT2D eigenvalue weighted by Gasteiger charge is 2.33. The van der Waals surface area contributed by atoms with E-state index < -0.39 is 34.3 Å². The number of carbonyl (C=O) groups is 2. The molecule has 0 aliphatic heterocycles. The highest BCUT2D eigenvalue weighted by Crippen LogP contribution is 2.23. The lowest BCUT2D eigenvalue weighted by atomic mass is 10.0. The van der Waals surface area contributed by atoms with Crippen LogP contribution in [0.1, 0.15) is 30.5 Å². The third-order valence-corrected chi connectivity index (χ3v) is 7.10. The first kappa shape index (κ1) is 28.8. The van der Waals surface area contributed by atoms with E-state index in [2.05, 4.69) is 5.32 Å². The maximum Gasteiger partial charge on any atom is 0.244 e. The molecule has 0 bridgehead atoms. The zero-order valence-electron chi connectivity index (χ0n) is 22.1. The van der Waals surface area contributed by atoms with Gasteiger partial charge in [-0.3, -0.25) is 13.9 Å². The molecule has 0 aliphatic rings. The molecule has 7 nitrogen and oxygen atoms in total. The summed E-state index contributed by atoms with van der Waals surface area (Å²) in [6, 6.07) is 21.1. The van der Waals surface area contributed by atoms with Crippen molar-refractivity contribution in [3.8, 4) is 0 Å². The van der Waals surface area contributed by atoms with Gasteiger partial charge in [0, 0.05) is 19.0 Å². The third kappa shape index (κ3) is 7.89. The molecule has 0 spiro atoms. The second kappa shape index (κ2) is 12.7. The Morgan fingerprint density at radius 3 is 2.08 bits per heavy atom. The van der Waals surface area contributed by atoms with Crippen LogP contribution in [0.4, 0.5) is 10.1 Å². The lowest BCUT2D eigenvalue weighted by molar-refractivity contribution is -0.140. The predicted octanol–water partition coefficient (Wildman–Crippen LogP) is 4.06. The Morgan fingerprint density at radius 2 is 1.50 bits per heavy atom. The van der Waals surface area contributed by atoms with Crippen LogP contribution < -0.4 is 9.62 Å². The molecule has 0 fully saturated rings. The lowest BCUT2D eigenvalue weighted by Gasteiger charge is -2.34. The number of nitrogens with one attached hydrogen (secondary N) is 1. The molecule has 38 heavy (non-hydrogen) atoms. The van der Waals surface area contributed by atoms with Crippen LogP contribution in [0.3, 0.4) is 0 Å². The summed E-state index contributed by atoms with van der Waals surface area (Å²) in [5.74, 6) is -1.76. The van der Waals surface area contributed by atoms with Crippen LogP contribution >= 0.6 is 0 Å². The SMILES string of the molecule is Cc1ccc(CN(C(=O)CN(c2ccccc2F)S(C)(=O)=O)[C@@H](Cc2ccccc2)C(=O)NC(C)C)cc1. The number of amides is 2. The number of hydrogen-bond acceptors (Lipinski definition) is 4. The number of nitrogens with zero attached hydrogens (tertiary/aromatic N) is 2. The average molecular weight is 540 g/mol. The minimum Gasteiger partial charge on any atom is -0.352 e. The number of sulfonamides is 1. The van der Waals surface area contributed by atoms with E-state index in [0.29, 0.717) is 0 Å². The first-order valence-corrected chi connectivity index (χ1v) is 14.2. The standard InChI is InChI=1S/C29H34FN3O4S/c1-21(2)31-29(35)27(18-23-10-6-5-7-11-23)32(19-24-16-14-22(3)15-17-24)28(34)20-33(38(4,36)37)26-13-9-8-12-25(26)30/h5-17,21,27H,18-20H2,1-4H3,(H,31,35)/t27-/m0/s1. The van der Waals surface area contributed by atoms with Gasteiger partial charge in [0.1, 0.15) is 18.4 Å².